The molecule has 1 aliphatic rings. The molecule has 0 saturated carbocycles. The average molecular weight is 569 g/mol. The summed E-state index contributed by atoms with van der Waals surface area (Å²) in [5, 5.41) is 8.45. The summed E-state index contributed by atoms with van der Waals surface area (Å²) >= 11 is 6.35. The maximum absolute atomic E-state index is 15.9. The molecular weight excluding hydrogens is 539 g/mol. The maximum atomic E-state index is 15.9. The molecule has 0 radical (unpaired) electrons. The summed E-state index contributed by atoms with van der Waals surface area (Å²) in [6, 6.07) is 14.8. The van der Waals surface area contributed by atoms with Crippen LogP contribution in [0.2, 0.25) is 5.02 Å². The van der Waals surface area contributed by atoms with Crippen molar-refractivity contribution in [2.45, 2.75) is 26.3 Å². The molecule has 2 N–H and O–H groups in total. The molecule has 1 atom stereocenters. The van der Waals surface area contributed by atoms with Gasteiger partial charge < -0.3 is 10.2 Å². The first-order chi connectivity index (χ1) is 18.7. The highest BCUT2D eigenvalue weighted by Crippen LogP contribution is 2.38. The molecule has 0 bridgehead atoms. The number of aromatic nitrogens is 3. The van der Waals surface area contributed by atoms with E-state index in [9.17, 15) is 8.42 Å². The van der Waals surface area contributed by atoms with Gasteiger partial charge in [0.15, 0.2) is 5.82 Å². The molecular formula is C28H30ClFN6O2S. The van der Waals surface area contributed by atoms with E-state index in [1.807, 2.05) is 12.1 Å². The Kier molecular flexibility index (Phi) is 7.88. The molecule has 3 heterocycles. The number of piperazine rings is 1. The highest BCUT2D eigenvalue weighted by molar-refractivity contribution is 7.92. The summed E-state index contributed by atoms with van der Waals surface area (Å²) in [6.07, 6.45) is 5.41. The fraction of sp³-hybridized carbons (Fsp3) is 0.286. The van der Waals surface area contributed by atoms with Crippen molar-refractivity contribution >= 4 is 33.0 Å². The standard InChI is InChI=1S/C28H30ClFN6O2S/c1-3-14-39(37,38)34-26-16-21(29)15-24(27(26)30)25-18-36(33-28(25)20-8-10-31-11-9-20)23-6-4-22(5-7-23)35-13-12-32-19(2)17-35/h4-11,15-16,18-19,32,34H,3,12-14,17H2,1-2H3/t19-/m1/s1. The molecule has 5 rings (SSSR count). The molecule has 8 nitrogen and oxygen atoms in total. The van der Waals surface area contributed by atoms with Crippen LogP contribution < -0.4 is 14.9 Å². The predicted octanol–water partition coefficient (Wildman–Crippen LogP) is 5.34. The number of nitrogens with one attached hydrogen (secondary N) is 2. The molecule has 4 aromatic rings. The van der Waals surface area contributed by atoms with Gasteiger partial charge in [-0.05, 0) is 61.9 Å². The number of nitrogens with zero attached hydrogens (tertiary/aromatic N) is 4. The summed E-state index contributed by atoms with van der Waals surface area (Å²) in [5.74, 6) is -0.853. The second-order valence-corrected chi connectivity index (χ2v) is 11.9. The molecule has 2 aromatic carbocycles. The number of pyridine rings is 1. The van der Waals surface area contributed by atoms with Crippen LogP contribution in [0.5, 0.6) is 0 Å². The van der Waals surface area contributed by atoms with E-state index in [4.69, 9.17) is 16.7 Å². The molecule has 1 aliphatic heterocycles. The highest BCUT2D eigenvalue weighted by atomic mass is 35.5. The van der Waals surface area contributed by atoms with Gasteiger partial charge in [0, 0.05) is 71.7 Å². The third-order valence-electron chi connectivity index (χ3n) is 6.58. The van der Waals surface area contributed by atoms with Crippen LogP contribution in [0.4, 0.5) is 15.8 Å². The van der Waals surface area contributed by atoms with Crippen molar-refractivity contribution in [3.63, 3.8) is 0 Å². The first-order valence-corrected chi connectivity index (χ1v) is 14.9. The van der Waals surface area contributed by atoms with E-state index in [2.05, 4.69) is 39.0 Å². The number of rotatable bonds is 8. The zero-order valence-electron chi connectivity index (χ0n) is 21.7. The number of benzene rings is 2. The first-order valence-electron chi connectivity index (χ1n) is 12.8. The number of sulfonamides is 1. The van der Waals surface area contributed by atoms with Gasteiger partial charge in [-0.3, -0.25) is 9.71 Å². The summed E-state index contributed by atoms with van der Waals surface area (Å²) in [4.78, 5) is 6.42. The zero-order chi connectivity index (χ0) is 27.6. The maximum Gasteiger partial charge on any atom is 0.232 e. The van der Waals surface area contributed by atoms with E-state index in [1.54, 1.807) is 42.3 Å². The topological polar surface area (TPSA) is 92.2 Å². The van der Waals surface area contributed by atoms with Crippen LogP contribution in [0.1, 0.15) is 20.3 Å². The molecule has 11 heteroatoms. The Labute approximate surface area is 232 Å². The normalized spacial score (nSPS) is 15.9. The molecule has 39 heavy (non-hydrogen) atoms. The molecule has 0 spiro atoms. The Morgan fingerprint density at radius 3 is 2.51 bits per heavy atom. The molecule has 0 amide bonds. The van der Waals surface area contributed by atoms with E-state index >= 15 is 4.39 Å². The number of hydrogen-bond acceptors (Lipinski definition) is 6. The van der Waals surface area contributed by atoms with Crippen LogP contribution in [0.15, 0.2) is 67.1 Å². The Hall–Kier alpha value is -3.47. The number of anilines is 2. The van der Waals surface area contributed by atoms with Crippen LogP contribution >= 0.6 is 11.6 Å². The van der Waals surface area contributed by atoms with E-state index < -0.39 is 15.8 Å². The van der Waals surface area contributed by atoms with Crippen LogP contribution in [0, 0.1) is 5.82 Å². The van der Waals surface area contributed by atoms with Crippen molar-refractivity contribution in [3.05, 3.63) is 78.0 Å². The Morgan fingerprint density at radius 2 is 1.82 bits per heavy atom. The van der Waals surface area contributed by atoms with Gasteiger partial charge in [0.05, 0.1) is 17.1 Å². The molecule has 0 unspecified atom stereocenters. The van der Waals surface area contributed by atoms with Gasteiger partial charge >= 0.3 is 0 Å². The monoisotopic (exact) mass is 568 g/mol. The predicted molar refractivity (Wildman–Crippen MR) is 155 cm³/mol. The van der Waals surface area contributed by atoms with Gasteiger partial charge in [0.2, 0.25) is 10.0 Å². The van der Waals surface area contributed by atoms with E-state index in [0.29, 0.717) is 23.7 Å². The van der Waals surface area contributed by atoms with Gasteiger partial charge in [-0.15, -0.1) is 0 Å². The third-order valence-corrected chi connectivity index (χ3v) is 8.28. The summed E-state index contributed by atoms with van der Waals surface area (Å²) in [6.45, 7) is 6.70. The first kappa shape index (κ1) is 27.1. The van der Waals surface area contributed by atoms with Gasteiger partial charge in [-0.2, -0.15) is 5.10 Å². The lowest BCUT2D eigenvalue weighted by atomic mass is 10.0. The van der Waals surface area contributed by atoms with Crippen LogP contribution in [-0.4, -0.2) is 54.6 Å². The fourth-order valence-electron chi connectivity index (χ4n) is 4.76. The minimum Gasteiger partial charge on any atom is -0.369 e. The van der Waals surface area contributed by atoms with E-state index in [0.717, 1.165) is 36.6 Å². The van der Waals surface area contributed by atoms with Crippen molar-refractivity contribution in [1.82, 2.24) is 20.1 Å². The summed E-state index contributed by atoms with van der Waals surface area (Å²) < 4.78 is 44.7. The number of hydrogen-bond donors (Lipinski definition) is 2. The lowest BCUT2D eigenvalue weighted by Crippen LogP contribution is -2.49. The Morgan fingerprint density at radius 1 is 1.10 bits per heavy atom. The highest BCUT2D eigenvalue weighted by Gasteiger charge is 2.22. The minimum atomic E-state index is -3.73. The Balaban J connectivity index is 1.57. The lowest BCUT2D eigenvalue weighted by molar-refractivity contribution is 0.485. The third kappa shape index (κ3) is 6.08. The molecule has 2 aromatic heterocycles. The smallest absolute Gasteiger partial charge is 0.232 e. The van der Waals surface area contributed by atoms with Crippen LogP contribution in [-0.2, 0) is 10.0 Å². The van der Waals surface area contributed by atoms with E-state index in [1.165, 1.54) is 12.1 Å². The van der Waals surface area contributed by atoms with Gasteiger partial charge in [-0.1, -0.05) is 18.5 Å². The van der Waals surface area contributed by atoms with Crippen molar-refractivity contribution in [2.75, 3.05) is 35.0 Å². The molecule has 1 saturated heterocycles. The fourth-order valence-corrected chi connectivity index (χ4v) is 6.10. The second-order valence-electron chi connectivity index (χ2n) is 9.63. The molecule has 204 valence electrons. The van der Waals surface area contributed by atoms with Crippen molar-refractivity contribution in [1.29, 1.82) is 0 Å². The largest absolute Gasteiger partial charge is 0.369 e. The lowest BCUT2D eigenvalue weighted by Gasteiger charge is -2.33. The minimum absolute atomic E-state index is 0.128. The van der Waals surface area contributed by atoms with Gasteiger partial charge in [0.25, 0.3) is 0 Å². The van der Waals surface area contributed by atoms with Gasteiger partial charge in [-0.25, -0.2) is 17.5 Å². The Bertz CT molecular complexity index is 1560. The van der Waals surface area contributed by atoms with Crippen molar-refractivity contribution in [2.24, 2.45) is 0 Å². The van der Waals surface area contributed by atoms with Crippen molar-refractivity contribution in [3.8, 4) is 28.1 Å². The summed E-state index contributed by atoms with van der Waals surface area (Å²) in [7, 11) is -3.73. The average Bonchev–Trinajstić information content (AvgIpc) is 3.36. The zero-order valence-corrected chi connectivity index (χ0v) is 23.3. The van der Waals surface area contributed by atoms with Crippen LogP contribution in [0.25, 0.3) is 28.1 Å². The van der Waals surface area contributed by atoms with E-state index in [-0.39, 0.29) is 22.0 Å². The second kappa shape index (κ2) is 11.3. The van der Waals surface area contributed by atoms with Crippen LogP contribution in [0.3, 0.4) is 0 Å². The quantitative estimate of drug-likeness (QED) is 0.298. The SMILES string of the molecule is CCCS(=O)(=O)Nc1cc(Cl)cc(-c2cn(-c3ccc(N4CCN[C@H](C)C4)cc3)nc2-c2ccncc2)c1F. The van der Waals surface area contributed by atoms with Gasteiger partial charge in [0.1, 0.15) is 5.69 Å². The van der Waals surface area contributed by atoms with Crippen molar-refractivity contribution < 1.29 is 12.8 Å². The summed E-state index contributed by atoms with van der Waals surface area (Å²) in [5.41, 5.74) is 3.58. The molecule has 1 fully saturated rings. The number of halogens is 2. The molecule has 0 aliphatic carbocycles.